The summed E-state index contributed by atoms with van der Waals surface area (Å²) in [5, 5.41) is 3.91. The van der Waals surface area contributed by atoms with E-state index in [0.717, 1.165) is 25.1 Å². The number of carbonyl (C=O) groups is 1. The van der Waals surface area contributed by atoms with Crippen LogP contribution in [0.5, 0.6) is 0 Å². The van der Waals surface area contributed by atoms with Gasteiger partial charge in [-0.2, -0.15) is 11.3 Å². The Bertz CT molecular complexity index is 591. The van der Waals surface area contributed by atoms with E-state index in [1.54, 1.807) is 11.3 Å². The van der Waals surface area contributed by atoms with Crippen LogP contribution in [0.1, 0.15) is 40.2 Å². The lowest BCUT2D eigenvalue weighted by Gasteiger charge is -2.33. The van der Waals surface area contributed by atoms with Crippen LogP contribution >= 0.6 is 11.3 Å². The predicted molar refractivity (Wildman–Crippen MR) is 83.4 cm³/mol. The SMILES string of the molecule is Cc1cccc([C@H]2CCCN(C(=O)c3ccsc3)C2)c1. The molecule has 1 saturated heterocycles. The van der Waals surface area contributed by atoms with E-state index in [9.17, 15) is 4.79 Å². The second kappa shape index (κ2) is 5.80. The molecule has 0 N–H and O–H groups in total. The largest absolute Gasteiger partial charge is 0.338 e. The zero-order valence-electron chi connectivity index (χ0n) is 11.7. The van der Waals surface area contributed by atoms with E-state index in [1.165, 1.54) is 17.5 Å². The van der Waals surface area contributed by atoms with Crippen LogP contribution in [0.2, 0.25) is 0 Å². The van der Waals surface area contributed by atoms with Gasteiger partial charge >= 0.3 is 0 Å². The van der Waals surface area contributed by atoms with Crippen LogP contribution in [-0.2, 0) is 0 Å². The van der Waals surface area contributed by atoms with Crippen LogP contribution in [0, 0.1) is 6.92 Å². The lowest BCUT2D eigenvalue weighted by molar-refractivity contribution is 0.0707. The fourth-order valence-corrected chi connectivity index (χ4v) is 3.56. The minimum absolute atomic E-state index is 0.184. The van der Waals surface area contributed by atoms with Crippen molar-refractivity contribution in [2.45, 2.75) is 25.7 Å². The first kappa shape index (κ1) is 13.4. The standard InChI is InChI=1S/C17H19NOS/c1-13-4-2-5-14(10-13)15-6-3-8-18(11-15)17(19)16-7-9-20-12-16/h2,4-5,7,9-10,12,15H,3,6,8,11H2,1H3/t15-/m0/s1. The normalized spacial score (nSPS) is 19.1. The maximum atomic E-state index is 12.4. The molecular weight excluding hydrogens is 266 g/mol. The molecule has 2 heterocycles. The predicted octanol–water partition coefficient (Wildman–Crippen LogP) is 4.08. The van der Waals surface area contributed by atoms with Gasteiger partial charge in [0.15, 0.2) is 0 Å². The molecular formula is C17H19NOS. The Hall–Kier alpha value is -1.61. The number of carbonyl (C=O) groups excluding carboxylic acids is 1. The number of amides is 1. The molecule has 3 heteroatoms. The summed E-state index contributed by atoms with van der Waals surface area (Å²) >= 11 is 1.58. The molecule has 3 rings (SSSR count). The summed E-state index contributed by atoms with van der Waals surface area (Å²) in [6, 6.07) is 10.6. The third kappa shape index (κ3) is 2.78. The maximum Gasteiger partial charge on any atom is 0.254 e. The number of hydrogen-bond acceptors (Lipinski definition) is 2. The fraction of sp³-hybridized carbons (Fsp3) is 0.353. The number of rotatable bonds is 2. The molecule has 1 aliphatic rings. The molecule has 1 aliphatic heterocycles. The number of nitrogens with zero attached hydrogens (tertiary/aromatic N) is 1. The van der Waals surface area contributed by atoms with Gasteiger partial charge in [0.1, 0.15) is 0 Å². The first-order chi connectivity index (χ1) is 9.74. The lowest BCUT2D eigenvalue weighted by atomic mass is 9.89. The Morgan fingerprint density at radius 3 is 3.00 bits per heavy atom. The molecule has 0 aliphatic carbocycles. The van der Waals surface area contributed by atoms with E-state index in [-0.39, 0.29) is 5.91 Å². The minimum Gasteiger partial charge on any atom is -0.338 e. The summed E-state index contributed by atoms with van der Waals surface area (Å²) in [5.74, 6) is 0.662. The average molecular weight is 285 g/mol. The fourth-order valence-electron chi connectivity index (χ4n) is 2.93. The Balaban J connectivity index is 1.75. The van der Waals surface area contributed by atoms with E-state index in [1.807, 2.05) is 21.7 Å². The number of benzene rings is 1. The van der Waals surface area contributed by atoms with Gasteiger partial charge in [0.25, 0.3) is 5.91 Å². The maximum absolute atomic E-state index is 12.4. The van der Waals surface area contributed by atoms with Crippen molar-refractivity contribution in [3.05, 3.63) is 57.8 Å². The highest BCUT2D eigenvalue weighted by Crippen LogP contribution is 2.28. The van der Waals surface area contributed by atoms with Crippen molar-refractivity contribution < 1.29 is 4.79 Å². The number of aryl methyl sites for hydroxylation is 1. The van der Waals surface area contributed by atoms with Crippen LogP contribution in [0.25, 0.3) is 0 Å². The molecule has 2 aromatic rings. The minimum atomic E-state index is 0.184. The first-order valence-corrected chi connectivity index (χ1v) is 8.06. The summed E-state index contributed by atoms with van der Waals surface area (Å²) in [7, 11) is 0. The topological polar surface area (TPSA) is 20.3 Å². The van der Waals surface area contributed by atoms with Gasteiger partial charge in [-0.25, -0.2) is 0 Å². The molecule has 2 nitrogen and oxygen atoms in total. The van der Waals surface area contributed by atoms with Gasteiger partial charge in [-0.1, -0.05) is 29.8 Å². The van der Waals surface area contributed by atoms with E-state index in [2.05, 4.69) is 31.2 Å². The van der Waals surface area contributed by atoms with E-state index in [0.29, 0.717) is 5.92 Å². The van der Waals surface area contributed by atoms with Crippen molar-refractivity contribution in [3.8, 4) is 0 Å². The molecule has 0 radical (unpaired) electrons. The molecule has 1 atom stereocenters. The van der Waals surface area contributed by atoms with E-state index < -0.39 is 0 Å². The third-order valence-electron chi connectivity index (χ3n) is 3.99. The van der Waals surface area contributed by atoms with Gasteiger partial charge in [0.05, 0.1) is 5.56 Å². The summed E-state index contributed by atoms with van der Waals surface area (Å²) in [6.07, 6.45) is 2.27. The summed E-state index contributed by atoms with van der Waals surface area (Å²) in [4.78, 5) is 14.4. The monoisotopic (exact) mass is 285 g/mol. The Morgan fingerprint density at radius 2 is 2.25 bits per heavy atom. The van der Waals surface area contributed by atoms with Gasteiger partial charge in [-0.3, -0.25) is 4.79 Å². The molecule has 1 aromatic carbocycles. The molecule has 1 amide bonds. The van der Waals surface area contributed by atoms with Crippen molar-refractivity contribution in [2.24, 2.45) is 0 Å². The number of thiophene rings is 1. The second-order valence-electron chi connectivity index (χ2n) is 5.52. The lowest BCUT2D eigenvalue weighted by Crippen LogP contribution is -2.38. The molecule has 0 unspecified atom stereocenters. The van der Waals surface area contributed by atoms with Gasteiger partial charge in [0.2, 0.25) is 0 Å². The molecule has 0 saturated carbocycles. The zero-order chi connectivity index (χ0) is 13.9. The van der Waals surface area contributed by atoms with Crippen molar-refractivity contribution in [3.63, 3.8) is 0 Å². The third-order valence-corrected chi connectivity index (χ3v) is 4.67. The van der Waals surface area contributed by atoms with Gasteiger partial charge < -0.3 is 4.90 Å². The molecule has 104 valence electrons. The van der Waals surface area contributed by atoms with Crippen molar-refractivity contribution in [1.29, 1.82) is 0 Å². The van der Waals surface area contributed by atoms with Crippen molar-refractivity contribution in [1.82, 2.24) is 4.90 Å². The highest BCUT2D eigenvalue weighted by molar-refractivity contribution is 7.08. The molecule has 1 fully saturated rings. The van der Waals surface area contributed by atoms with Crippen LogP contribution in [0.3, 0.4) is 0 Å². The smallest absolute Gasteiger partial charge is 0.254 e. The molecule has 0 bridgehead atoms. The highest BCUT2D eigenvalue weighted by Gasteiger charge is 2.25. The Labute approximate surface area is 124 Å². The van der Waals surface area contributed by atoms with Gasteiger partial charge in [-0.05, 0) is 36.8 Å². The first-order valence-electron chi connectivity index (χ1n) is 7.12. The van der Waals surface area contributed by atoms with Crippen LogP contribution in [0.4, 0.5) is 0 Å². The molecule has 0 spiro atoms. The number of hydrogen-bond donors (Lipinski definition) is 0. The Morgan fingerprint density at radius 1 is 1.35 bits per heavy atom. The van der Waals surface area contributed by atoms with E-state index in [4.69, 9.17) is 0 Å². The summed E-state index contributed by atoms with van der Waals surface area (Å²) in [5.41, 5.74) is 3.50. The zero-order valence-corrected chi connectivity index (χ0v) is 12.5. The van der Waals surface area contributed by atoms with Gasteiger partial charge in [-0.15, -0.1) is 0 Å². The quantitative estimate of drug-likeness (QED) is 0.814. The second-order valence-corrected chi connectivity index (χ2v) is 6.30. The number of piperidine rings is 1. The molecule has 1 aromatic heterocycles. The van der Waals surface area contributed by atoms with Crippen molar-refractivity contribution >= 4 is 17.2 Å². The Kier molecular flexibility index (Phi) is 3.88. The van der Waals surface area contributed by atoms with E-state index >= 15 is 0 Å². The van der Waals surface area contributed by atoms with Crippen LogP contribution in [0.15, 0.2) is 41.1 Å². The number of likely N-dealkylation sites (tertiary alicyclic amines) is 1. The molecule has 20 heavy (non-hydrogen) atoms. The summed E-state index contributed by atoms with van der Waals surface area (Å²) in [6.45, 7) is 3.86. The van der Waals surface area contributed by atoms with Crippen molar-refractivity contribution in [2.75, 3.05) is 13.1 Å². The van der Waals surface area contributed by atoms with Gasteiger partial charge in [0, 0.05) is 24.4 Å². The van der Waals surface area contributed by atoms with Crippen LogP contribution in [-0.4, -0.2) is 23.9 Å². The van der Waals surface area contributed by atoms with Crippen LogP contribution < -0.4 is 0 Å². The average Bonchev–Trinajstić information content (AvgIpc) is 3.01. The summed E-state index contributed by atoms with van der Waals surface area (Å²) < 4.78 is 0. The highest BCUT2D eigenvalue weighted by atomic mass is 32.1.